The highest BCUT2D eigenvalue weighted by atomic mass is 32.2. The first-order valence-electron chi connectivity index (χ1n) is 5.80. The molecule has 2 rings (SSSR count). The molecule has 18 heavy (non-hydrogen) atoms. The van der Waals surface area contributed by atoms with E-state index < -0.39 is 0 Å². The molecule has 0 aliphatic heterocycles. The molecule has 0 bridgehead atoms. The molecule has 4 heteroatoms. The molecular weight excluding hydrogens is 242 g/mol. The van der Waals surface area contributed by atoms with E-state index in [0.717, 1.165) is 5.75 Å². The summed E-state index contributed by atoms with van der Waals surface area (Å²) in [6, 6.07) is 10.5. The summed E-state index contributed by atoms with van der Waals surface area (Å²) in [4.78, 5) is 5.52. The Labute approximate surface area is 112 Å². The number of benzene rings is 1. The van der Waals surface area contributed by atoms with Crippen LogP contribution < -0.4 is 11.3 Å². The molecule has 1 aromatic heterocycles. The van der Waals surface area contributed by atoms with Crippen molar-refractivity contribution < 1.29 is 0 Å². The first kappa shape index (κ1) is 12.9. The van der Waals surface area contributed by atoms with Crippen LogP contribution in [0.15, 0.2) is 41.4 Å². The Bertz CT molecular complexity index is 523. The Morgan fingerprint density at radius 1 is 1.22 bits per heavy atom. The summed E-state index contributed by atoms with van der Waals surface area (Å²) in [6.07, 6.45) is 1.85. The normalized spacial score (nSPS) is 10.4. The lowest BCUT2D eigenvalue weighted by molar-refractivity contribution is 1.19. The number of anilines is 1. The molecule has 0 atom stereocenters. The zero-order chi connectivity index (χ0) is 13.0. The van der Waals surface area contributed by atoms with Crippen LogP contribution in [0.4, 0.5) is 5.82 Å². The number of hydrogen-bond acceptors (Lipinski definition) is 4. The maximum atomic E-state index is 5.28. The Hall–Kier alpha value is -1.52. The summed E-state index contributed by atoms with van der Waals surface area (Å²) >= 11 is 1.83. The van der Waals surface area contributed by atoms with Crippen molar-refractivity contribution in [1.82, 2.24) is 4.98 Å². The average Bonchev–Trinajstić information content (AvgIpc) is 2.38. The van der Waals surface area contributed by atoms with Crippen molar-refractivity contribution in [3.05, 3.63) is 53.2 Å². The molecule has 2 aromatic rings. The van der Waals surface area contributed by atoms with Crippen LogP contribution in [0.1, 0.15) is 16.7 Å². The molecule has 3 N–H and O–H groups in total. The fraction of sp³-hybridized carbons (Fsp3) is 0.214. The summed E-state index contributed by atoms with van der Waals surface area (Å²) in [5, 5.41) is 0. The minimum Gasteiger partial charge on any atom is -0.308 e. The van der Waals surface area contributed by atoms with Crippen molar-refractivity contribution in [2.24, 2.45) is 5.84 Å². The fourth-order valence-corrected chi connectivity index (χ4v) is 2.66. The lowest BCUT2D eigenvalue weighted by atomic mass is 10.2. The van der Waals surface area contributed by atoms with Crippen LogP contribution in [0, 0.1) is 13.8 Å². The first-order valence-corrected chi connectivity index (χ1v) is 6.79. The van der Waals surface area contributed by atoms with Gasteiger partial charge in [-0.15, -0.1) is 11.8 Å². The highest BCUT2D eigenvalue weighted by molar-refractivity contribution is 7.98. The number of nitrogens with zero attached hydrogens (tertiary/aromatic N) is 1. The third kappa shape index (κ3) is 3.24. The quantitative estimate of drug-likeness (QED) is 0.502. The maximum absolute atomic E-state index is 5.28. The second-order valence-electron chi connectivity index (χ2n) is 4.25. The number of pyridine rings is 1. The van der Waals surface area contributed by atoms with Crippen molar-refractivity contribution in [3.63, 3.8) is 0 Å². The van der Waals surface area contributed by atoms with Crippen LogP contribution in [0.2, 0.25) is 0 Å². The number of hydrogen-bond donors (Lipinski definition) is 2. The molecule has 0 saturated carbocycles. The molecule has 0 fully saturated rings. The van der Waals surface area contributed by atoms with E-state index in [4.69, 9.17) is 5.84 Å². The van der Waals surface area contributed by atoms with Crippen LogP contribution in [0.5, 0.6) is 0 Å². The molecule has 1 heterocycles. The van der Waals surface area contributed by atoms with Crippen molar-refractivity contribution in [1.29, 1.82) is 0 Å². The molecule has 0 radical (unpaired) electrons. The second kappa shape index (κ2) is 5.89. The van der Waals surface area contributed by atoms with Crippen molar-refractivity contribution in [2.75, 3.05) is 5.43 Å². The molecule has 0 spiro atoms. The topological polar surface area (TPSA) is 50.9 Å². The van der Waals surface area contributed by atoms with Crippen molar-refractivity contribution >= 4 is 17.6 Å². The van der Waals surface area contributed by atoms with E-state index in [1.165, 1.54) is 21.6 Å². The van der Waals surface area contributed by atoms with Gasteiger partial charge < -0.3 is 5.43 Å². The number of aromatic nitrogens is 1. The summed E-state index contributed by atoms with van der Waals surface area (Å²) < 4.78 is 0. The maximum Gasteiger partial charge on any atom is 0.139 e. The smallest absolute Gasteiger partial charge is 0.139 e. The van der Waals surface area contributed by atoms with Crippen LogP contribution in [0.3, 0.4) is 0 Å². The summed E-state index contributed by atoms with van der Waals surface area (Å²) in [7, 11) is 0. The number of rotatable bonds is 4. The van der Waals surface area contributed by atoms with Gasteiger partial charge in [-0.3, -0.25) is 0 Å². The van der Waals surface area contributed by atoms with E-state index in [0.29, 0.717) is 5.82 Å². The predicted molar refractivity (Wildman–Crippen MR) is 77.5 cm³/mol. The SMILES string of the molecule is Cc1ccc(SCc2ccc(NN)nc2)c(C)c1. The predicted octanol–water partition coefficient (Wildman–Crippen LogP) is 3.28. The Morgan fingerprint density at radius 2 is 2.06 bits per heavy atom. The monoisotopic (exact) mass is 259 g/mol. The fourth-order valence-electron chi connectivity index (χ4n) is 1.72. The molecule has 0 aliphatic rings. The minimum absolute atomic E-state index is 0.690. The lowest BCUT2D eigenvalue weighted by Crippen LogP contribution is -2.08. The van der Waals surface area contributed by atoms with Crippen LogP contribution in [-0.2, 0) is 5.75 Å². The number of hydrazine groups is 1. The number of nitrogens with two attached hydrogens (primary N) is 1. The van der Waals surface area contributed by atoms with Gasteiger partial charge in [0.25, 0.3) is 0 Å². The van der Waals surface area contributed by atoms with E-state index in [-0.39, 0.29) is 0 Å². The van der Waals surface area contributed by atoms with Gasteiger partial charge in [0.1, 0.15) is 5.82 Å². The standard InChI is InChI=1S/C14H17N3S/c1-10-3-5-13(11(2)7-10)18-9-12-4-6-14(17-15)16-8-12/h3-8H,9,15H2,1-2H3,(H,16,17). The Morgan fingerprint density at radius 3 is 2.67 bits per heavy atom. The number of nitrogens with one attached hydrogen (secondary N) is 1. The zero-order valence-electron chi connectivity index (χ0n) is 10.6. The van der Waals surface area contributed by atoms with E-state index in [1.807, 2.05) is 30.1 Å². The zero-order valence-corrected chi connectivity index (χ0v) is 11.4. The summed E-state index contributed by atoms with van der Waals surface area (Å²) in [5.41, 5.74) is 6.35. The van der Waals surface area contributed by atoms with Crippen LogP contribution in [0.25, 0.3) is 0 Å². The van der Waals surface area contributed by atoms with Gasteiger partial charge >= 0.3 is 0 Å². The third-order valence-electron chi connectivity index (χ3n) is 2.70. The number of thioether (sulfide) groups is 1. The van der Waals surface area contributed by atoms with Gasteiger partial charge in [-0.25, -0.2) is 10.8 Å². The molecule has 0 aliphatic carbocycles. The van der Waals surface area contributed by atoms with Gasteiger partial charge in [0.05, 0.1) is 0 Å². The highest BCUT2D eigenvalue weighted by Crippen LogP contribution is 2.26. The van der Waals surface area contributed by atoms with E-state index in [2.05, 4.69) is 42.5 Å². The van der Waals surface area contributed by atoms with Crippen LogP contribution >= 0.6 is 11.8 Å². The highest BCUT2D eigenvalue weighted by Gasteiger charge is 2.01. The largest absolute Gasteiger partial charge is 0.308 e. The van der Waals surface area contributed by atoms with Gasteiger partial charge in [-0.2, -0.15) is 0 Å². The first-order chi connectivity index (χ1) is 8.69. The van der Waals surface area contributed by atoms with Crippen molar-refractivity contribution in [2.45, 2.75) is 24.5 Å². The van der Waals surface area contributed by atoms with Gasteiger partial charge in [0, 0.05) is 16.8 Å². The molecule has 0 unspecified atom stereocenters. The molecule has 0 amide bonds. The molecule has 1 aromatic carbocycles. The molecular formula is C14H17N3S. The molecule has 0 saturated heterocycles. The van der Waals surface area contributed by atoms with Crippen LogP contribution in [-0.4, -0.2) is 4.98 Å². The van der Waals surface area contributed by atoms with E-state index in [9.17, 15) is 0 Å². The Balaban J connectivity index is 2.02. The lowest BCUT2D eigenvalue weighted by Gasteiger charge is -2.07. The molecule has 3 nitrogen and oxygen atoms in total. The number of nitrogen functional groups attached to an aromatic ring is 1. The van der Waals surface area contributed by atoms with Gasteiger partial charge in [-0.1, -0.05) is 23.8 Å². The average molecular weight is 259 g/mol. The van der Waals surface area contributed by atoms with Gasteiger partial charge in [0.2, 0.25) is 0 Å². The van der Waals surface area contributed by atoms with Gasteiger partial charge in [-0.05, 0) is 37.1 Å². The van der Waals surface area contributed by atoms with E-state index in [1.54, 1.807) is 0 Å². The molecule has 94 valence electrons. The van der Waals surface area contributed by atoms with Crippen molar-refractivity contribution in [3.8, 4) is 0 Å². The minimum atomic E-state index is 0.690. The summed E-state index contributed by atoms with van der Waals surface area (Å²) in [6.45, 7) is 4.26. The van der Waals surface area contributed by atoms with Gasteiger partial charge in [0.15, 0.2) is 0 Å². The third-order valence-corrected chi connectivity index (χ3v) is 3.94. The Kier molecular flexibility index (Phi) is 4.23. The summed E-state index contributed by atoms with van der Waals surface area (Å²) in [5.74, 6) is 6.89. The number of aryl methyl sites for hydroxylation is 2. The van der Waals surface area contributed by atoms with E-state index >= 15 is 0 Å². The second-order valence-corrected chi connectivity index (χ2v) is 5.27.